The summed E-state index contributed by atoms with van der Waals surface area (Å²) in [5.41, 5.74) is 3.57. The number of methoxy groups -OCH3 is 2. The van der Waals surface area contributed by atoms with E-state index in [1.165, 1.54) is 7.11 Å². The molecule has 254 valence electrons. The monoisotopic (exact) mass is 643 g/mol. The molecule has 1 aliphatic carbocycles. The Hall–Kier alpha value is -3.66. The van der Waals surface area contributed by atoms with Gasteiger partial charge >= 0.3 is 12.1 Å². The number of benzene rings is 2. The summed E-state index contributed by atoms with van der Waals surface area (Å²) in [6.07, 6.45) is 3.01. The van der Waals surface area contributed by atoms with Crippen LogP contribution in [0.25, 0.3) is 10.9 Å². The molecule has 0 N–H and O–H groups in total. The number of piperidine rings is 1. The summed E-state index contributed by atoms with van der Waals surface area (Å²) in [6.45, 7) is 13.7. The Bertz CT molecular complexity index is 1490. The number of carbonyl (C=O) groups is 2. The molecule has 10 heteroatoms. The molecule has 5 rings (SSSR count). The third kappa shape index (κ3) is 8.78. The van der Waals surface area contributed by atoms with Gasteiger partial charge in [-0.3, -0.25) is 9.47 Å². The van der Waals surface area contributed by atoms with Crippen LogP contribution < -0.4 is 9.64 Å². The molecule has 0 bridgehead atoms. The summed E-state index contributed by atoms with van der Waals surface area (Å²) in [5, 5.41) is 0.957. The van der Waals surface area contributed by atoms with Crippen LogP contribution in [0.4, 0.5) is 19.3 Å². The van der Waals surface area contributed by atoms with Crippen molar-refractivity contribution in [1.29, 1.82) is 0 Å². The van der Waals surface area contributed by atoms with Crippen LogP contribution in [0, 0.1) is 12.3 Å². The minimum Gasteiger partial charge on any atom is -0.496 e. The third-order valence-corrected chi connectivity index (χ3v) is 8.39. The molecule has 2 aliphatic rings. The van der Waals surface area contributed by atoms with E-state index in [4.69, 9.17) is 9.47 Å². The summed E-state index contributed by atoms with van der Waals surface area (Å²) in [6, 6.07) is 11.2. The number of hydrogen-bond donors (Lipinski definition) is 0. The number of aromatic nitrogens is 1. The summed E-state index contributed by atoms with van der Waals surface area (Å²) in [7, 11) is 6.88. The molecule has 0 atom stereocenters. The Morgan fingerprint density at radius 3 is 2.15 bits per heavy atom. The van der Waals surface area contributed by atoms with E-state index >= 15 is 0 Å². The highest BCUT2D eigenvalue weighted by Crippen LogP contribution is 2.57. The maximum atomic E-state index is 13.4. The molecule has 2 heterocycles. The minimum atomic E-state index is -2.47. The maximum absolute atomic E-state index is 13.4. The summed E-state index contributed by atoms with van der Waals surface area (Å²) in [5.74, 6) is -2.00. The van der Waals surface area contributed by atoms with Crippen molar-refractivity contribution in [3.8, 4) is 5.75 Å². The fourth-order valence-corrected chi connectivity index (χ4v) is 6.21. The van der Waals surface area contributed by atoms with Gasteiger partial charge in [0.2, 0.25) is 5.92 Å². The lowest BCUT2D eigenvalue weighted by molar-refractivity contribution is -0.178. The van der Waals surface area contributed by atoms with Gasteiger partial charge in [0.1, 0.15) is 11.4 Å². The van der Waals surface area contributed by atoms with Crippen molar-refractivity contribution >= 4 is 28.7 Å². The first-order chi connectivity index (χ1) is 21.6. The zero-order valence-electron chi connectivity index (χ0n) is 29.1. The van der Waals surface area contributed by atoms with Gasteiger partial charge in [-0.15, -0.1) is 0 Å². The van der Waals surface area contributed by atoms with Crippen molar-refractivity contribution in [2.45, 2.75) is 85.3 Å². The number of alkyl halides is 2. The lowest BCUT2D eigenvalue weighted by Gasteiger charge is -2.51. The van der Waals surface area contributed by atoms with Crippen molar-refractivity contribution in [3.63, 3.8) is 0 Å². The smallest absolute Gasteiger partial charge is 0.419 e. The van der Waals surface area contributed by atoms with E-state index in [0.717, 1.165) is 59.4 Å². The number of halogens is 2. The van der Waals surface area contributed by atoms with E-state index in [-0.39, 0.29) is 24.2 Å². The molecule has 46 heavy (non-hydrogen) atoms. The molecule has 1 aliphatic heterocycles. The second-order valence-corrected chi connectivity index (χ2v) is 13.2. The van der Waals surface area contributed by atoms with Crippen LogP contribution in [0.5, 0.6) is 5.75 Å². The largest absolute Gasteiger partial charge is 0.496 e. The van der Waals surface area contributed by atoms with Gasteiger partial charge in [-0.05, 0) is 94.9 Å². The number of nitrogens with zero attached hydrogens (tertiary/aromatic N) is 3. The van der Waals surface area contributed by atoms with Crippen molar-refractivity contribution in [2.24, 2.45) is 5.41 Å². The highest BCUT2D eigenvalue weighted by Gasteiger charge is 2.56. The number of aryl methyl sites for hydroxylation is 1. The Kier molecular flexibility index (Phi) is 11.9. The normalized spacial score (nSPS) is 16.7. The van der Waals surface area contributed by atoms with Crippen LogP contribution in [0.15, 0.2) is 42.6 Å². The van der Waals surface area contributed by atoms with Crippen molar-refractivity contribution in [1.82, 2.24) is 9.47 Å². The molecule has 1 saturated carbocycles. The number of rotatable bonds is 5. The highest BCUT2D eigenvalue weighted by atomic mass is 19.3. The molecule has 3 aromatic rings. The van der Waals surface area contributed by atoms with E-state index in [1.807, 2.05) is 84.8 Å². The minimum absolute atomic E-state index is 0.0324. The van der Waals surface area contributed by atoms with Crippen molar-refractivity contribution < 1.29 is 32.6 Å². The van der Waals surface area contributed by atoms with Crippen LogP contribution in [0.2, 0.25) is 0 Å². The van der Waals surface area contributed by atoms with Gasteiger partial charge in [0.25, 0.3) is 0 Å². The summed E-state index contributed by atoms with van der Waals surface area (Å²) < 4.78 is 44.3. The molecule has 0 amide bonds. The molecule has 2 fully saturated rings. The lowest BCUT2D eigenvalue weighted by atomic mass is 9.61. The predicted octanol–water partition coefficient (Wildman–Crippen LogP) is 8.32. The van der Waals surface area contributed by atoms with Gasteiger partial charge in [0, 0.05) is 56.3 Å². The average molecular weight is 644 g/mol. The van der Waals surface area contributed by atoms with Gasteiger partial charge in [-0.2, -0.15) is 0 Å². The number of anilines is 1. The van der Waals surface area contributed by atoms with Crippen LogP contribution in [-0.4, -0.2) is 74.5 Å². The topological polar surface area (TPSA) is 73.2 Å². The van der Waals surface area contributed by atoms with Crippen molar-refractivity contribution in [3.05, 3.63) is 59.3 Å². The number of carbonyl (C=O) groups excluding carboxylic acids is 2. The van der Waals surface area contributed by atoms with E-state index in [1.54, 1.807) is 30.0 Å². The number of hydrogen-bond acceptors (Lipinski definition) is 7. The highest BCUT2D eigenvalue weighted by molar-refractivity contribution is 5.95. The SMILES string of the molecule is CC.COC(=O)c1cccc(N(C)C)c1.COc1cc(C)c2c(ccn2C(=O)OC(C)(C)C)c1CN1CCC2(CC1)CC(F)(F)C2. The van der Waals surface area contributed by atoms with Crippen LogP contribution in [0.3, 0.4) is 0 Å². The fraction of sp³-hybridized carbons (Fsp3) is 0.556. The Balaban J connectivity index is 0.000000322. The summed E-state index contributed by atoms with van der Waals surface area (Å²) >= 11 is 0. The fourth-order valence-electron chi connectivity index (χ4n) is 6.21. The van der Waals surface area contributed by atoms with Crippen LogP contribution in [-0.2, 0) is 16.0 Å². The molecular weight excluding hydrogens is 592 g/mol. The Morgan fingerprint density at radius 2 is 1.63 bits per heavy atom. The zero-order chi connectivity index (χ0) is 34.4. The molecule has 0 unspecified atom stereocenters. The Morgan fingerprint density at radius 1 is 1.00 bits per heavy atom. The molecule has 8 nitrogen and oxygen atoms in total. The first-order valence-corrected chi connectivity index (χ1v) is 15.9. The van der Waals surface area contributed by atoms with Gasteiger partial charge in [0.15, 0.2) is 0 Å². The number of esters is 1. The molecule has 1 aromatic heterocycles. The average Bonchev–Trinajstić information content (AvgIpc) is 3.45. The second-order valence-electron chi connectivity index (χ2n) is 13.2. The van der Waals surface area contributed by atoms with Crippen LogP contribution in [0.1, 0.15) is 81.8 Å². The quantitative estimate of drug-likeness (QED) is 0.259. The first-order valence-electron chi connectivity index (χ1n) is 15.9. The van der Waals surface area contributed by atoms with E-state index in [2.05, 4.69) is 9.64 Å². The maximum Gasteiger partial charge on any atom is 0.419 e. The van der Waals surface area contributed by atoms with Crippen molar-refractivity contribution in [2.75, 3.05) is 46.3 Å². The van der Waals surface area contributed by atoms with Gasteiger partial charge < -0.3 is 19.1 Å². The van der Waals surface area contributed by atoms with Crippen LogP contribution >= 0.6 is 0 Å². The van der Waals surface area contributed by atoms with E-state index in [9.17, 15) is 18.4 Å². The molecule has 2 aromatic carbocycles. The molecular formula is C36H51F2N3O5. The molecule has 1 spiro atoms. The Labute approximate surface area is 272 Å². The molecule has 1 saturated heterocycles. The summed E-state index contributed by atoms with van der Waals surface area (Å²) in [4.78, 5) is 28.1. The number of likely N-dealkylation sites (tertiary alicyclic amines) is 1. The van der Waals surface area contributed by atoms with E-state index < -0.39 is 17.6 Å². The van der Waals surface area contributed by atoms with Gasteiger partial charge in [-0.1, -0.05) is 19.9 Å². The third-order valence-electron chi connectivity index (χ3n) is 8.39. The van der Waals surface area contributed by atoms with Gasteiger partial charge in [0.05, 0.1) is 25.3 Å². The molecule has 0 radical (unpaired) electrons. The lowest BCUT2D eigenvalue weighted by Crippen LogP contribution is -2.52. The first kappa shape index (κ1) is 36.8. The van der Waals surface area contributed by atoms with Gasteiger partial charge in [-0.25, -0.2) is 18.4 Å². The number of ether oxygens (including phenoxy) is 3. The second kappa shape index (κ2) is 14.8. The predicted molar refractivity (Wildman–Crippen MR) is 179 cm³/mol. The zero-order valence-corrected chi connectivity index (χ0v) is 29.1. The van der Waals surface area contributed by atoms with E-state index in [0.29, 0.717) is 12.1 Å². The standard InChI is InChI=1S/C24H32F2N2O3.C10H13NO2.C2H6/c1-16-12-19(30-5)18(13-27-10-7-23(8-11-27)14-24(25,26)15-23)17-6-9-28(20(16)17)21(29)31-22(2,3)4;1-11(2)9-6-4-5-8(7-9)10(12)13-3;1-2/h6,9,12H,7-8,10-11,13-15H2,1-5H3;4-7H,1-3H3;1-2H3. The number of fused-ring (bicyclic) bond motifs is 1.